The van der Waals surface area contributed by atoms with Crippen molar-refractivity contribution in [1.82, 2.24) is 4.98 Å². The van der Waals surface area contributed by atoms with Gasteiger partial charge < -0.3 is 23.9 Å². The van der Waals surface area contributed by atoms with Gasteiger partial charge in [-0.15, -0.1) is 0 Å². The molecule has 2 aliphatic rings. The lowest BCUT2D eigenvalue weighted by atomic mass is 9.78. The van der Waals surface area contributed by atoms with Crippen LogP contribution in [0.5, 0.6) is 5.75 Å². The van der Waals surface area contributed by atoms with Gasteiger partial charge in [0.15, 0.2) is 0 Å². The van der Waals surface area contributed by atoms with Crippen LogP contribution in [-0.2, 0) is 4.74 Å². The van der Waals surface area contributed by atoms with Crippen LogP contribution in [0.4, 0.5) is 5.82 Å². The van der Waals surface area contributed by atoms with Crippen molar-refractivity contribution in [2.24, 2.45) is 11.8 Å². The third-order valence-corrected chi connectivity index (χ3v) is 6.29. The standard InChI is InChI=1S/C23H24N2O5/c1-28-23(27)14-3-2-4-17(9-14)30-21-11-16-13-25(12-15(16)10-19(21)26)22-18-6-8-29-20(18)5-7-24-22/h2-9,15-16,19,21,26H,10-13H2,1H3/t15-,16+,19+,21+/m0/s1. The number of anilines is 1. The normalized spacial score (nSPS) is 25.9. The van der Waals surface area contributed by atoms with Gasteiger partial charge in [-0.3, -0.25) is 0 Å². The Morgan fingerprint density at radius 2 is 2.03 bits per heavy atom. The molecule has 1 aliphatic heterocycles. The number of aliphatic hydroxyl groups is 1. The molecular formula is C23H24N2O5. The molecule has 2 aromatic heterocycles. The van der Waals surface area contributed by atoms with Crippen molar-refractivity contribution in [3.05, 3.63) is 54.4 Å². The van der Waals surface area contributed by atoms with Gasteiger partial charge in [0.05, 0.1) is 30.4 Å². The lowest BCUT2D eigenvalue weighted by Gasteiger charge is -2.35. The van der Waals surface area contributed by atoms with Gasteiger partial charge in [-0.05, 0) is 55.0 Å². The number of hydrogen-bond donors (Lipinski definition) is 1. The lowest BCUT2D eigenvalue weighted by molar-refractivity contribution is -0.0231. The molecule has 7 nitrogen and oxygen atoms in total. The summed E-state index contributed by atoms with van der Waals surface area (Å²) in [4.78, 5) is 18.7. The third-order valence-electron chi connectivity index (χ3n) is 6.29. The third kappa shape index (κ3) is 3.39. The molecule has 3 heterocycles. The van der Waals surface area contributed by atoms with E-state index in [1.54, 1.807) is 36.7 Å². The molecule has 1 aliphatic carbocycles. The number of benzene rings is 1. The number of furan rings is 1. The molecule has 0 bridgehead atoms. The van der Waals surface area contributed by atoms with Crippen LogP contribution in [0.15, 0.2) is 53.3 Å². The summed E-state index contributed by atoms with van der Waals surface area (Å²) in [5.41, 5.74) is 1.27. The lowest BCUT2D eigenvalue weighted by Crippen LogP contribution is -2.42. The van der Waals surface area contributed by atoms with Crippen molar-refractivity contribution < 1.29 is 23.8 Å². The zero-order valence-electron chi connectivity index (χ0n) is 16.7. The molecule has 1 N–H and O–H groups in total. The Morgan fingerprint density at radius 3 is 2.87 bits per heavy atom. The predicted molar refractivity (Wildman–Crippen MR) is 111 cm³/mol. The van der Waals surface area contributed by atoms with Crippen molar-refractivity contribution >= 4 is 22.8 Å². The maximum atomic E-state index is 11.8. The molecule has 1 saturated carbocycles. The number of ether oxygens (including phenoxy) is 2. The molecule has 156 valence electrons. The highest BCUT2D eigenvalue weighted by Gasteiger charge is 2.43. The maximum Gasteiger partial charge on any atom is 0.337 e. The van der Waals surface area contributed by atoms with Gasteiger partial charge in [0.1, 0.15) is 23.3 Å². The molecule has 7 heteroatoms. The zero-order chi connectivity index (χ0) is 20.7. The first-order valence-corrected chi connectivity index (χ1v) is 10.2. The fourth-order valence-corrected chi connectivity index (χ4v) is 4.81. The number of methoxy groups -OCH3 is 1. The SMILES string of the molecule is COC(=O)c1cccc(O[C@@H]2C[C@@H]3CN(c4nccc5occc45)C[C@@H]3C[C@H]2O)c1. The summed E-state index contributed by atoms with van der Waals surface area (Å²) in [5, 5.41) is 11.7. The molecule has 30 heavy (non-hydrogen) atoms. The second-order valence-corrected chi connectivity index (χ2v) is 8.11. The summed E-state index contributed by atoms with van der Waals surface area (Å²) >= 11 is 0. The number of rotatable bonds is 4. The molecular weight excluding hydrogens is 384 g/mol. The number of fused-ring (bicyclic) bond motifs is 2. The summed E-state index contributed by atoms with van der Waals surface area (Å²) in [6.45, 7) is 1.74. The molecule has 0 amide bonds. The quantitative estimate of drug-likeness (QED) is 0.663. The van der Waals surface area contributed by atoms with Gasteiger partial charge in [-0.1, -0.05) is 6.07 Å². The Hall–Kier alpha value is -3.06. The van der Waals surface area contributed by atoms with Gasteiger partial charge in [0.2, 0.25) is 0 Å². The largest absolute Gasteiger partial charge is 0.488 e. The summed E-state index contributed by atoms with van der Waals surface area (Å²) < 4.78 is 16.4. The summed E-state index contributed by atoms with van der Waals surface area (Å²) in [6.07, 6.45) is 4.05. The van der Waals surface area contributed by atoms with E-state index in [-0.39, 0.29) is 6.10 Å². The van der Waals surface area contributed by atoms with Crippen molar-refractivity contribution in [2.75, 3.05) is 25.1 Å². The van der Waals surface area contributed by atoms with Gasteiger partial charge in [-0.2, -0.15) is 0 Å². The van der Waals surface area contributed by atoms with E-state index < -0.39 is 12.1 Å². The Balaban J connectivity index is 1.31. The maximum absolute atomic E-state index is 11.8. The zero-order valence-corrected chi connectivity index (χ0v) is 16.7. The van der Waals surface area contributed by atoms with Crippen LogP contribution in [0.2, 0.25) is 0 Å². The number of esters is 1. The Morgan fingerprint density at radius 1 is 1.20 bits per heavy atom. The highest BCUT2D eigenvalue weighted by atomic mass is 16.5. The number of aromatic nitrogens is 1. The fraction of sp³-hybridized carbons (Fsp3) is 0.391. The van der Waals surface area contributed by atoms with E-state index >= 15 is 0 Å². The molecule has 0 spiro atoms. The number of carbonyl (C=O) groups is 1. The summed E-state index contributed by atoms with van der Waals surface area (Å²) in [6, 6.07) is 10.7. The Labute approximate surface area is 174 Å². The number of carbonyl (C=O) groups excluding carboxylic acids is 1. The van der Waals surface area contributed by atoms with Crippen LogP contribution in [0.1, 0.15) is 23.2 Å². The first-order chi connectivity index (χ1) is 14.6. The molecule has 0 unspecified atom stereocenters. The van der Waals surface area contributed by atoms with E-state index in [0.29, 0.717) is 29.6 Å². The van der Waals surface area contributed by atoms with Crippen LogP contribution >= 0.6 is 0 Å². The Kier molecular flexibility index (Phi) is 4.83. The van der Waals surface area contributed by atoms with Crippen molar-refractivity contribution in [3.8, 4) is 5.75 Å². The average Bonchev–Trinajstić information content (AvgIpc) is 3.40. The minimum atomic E-state index is -0.550. The van der Waals surface area contributed by atoms with Crippen LogP contribution in [0.25, 0.3) is 11.0 Å². The minimum Gasteiger partial charge on any atom is -0.488 e. The highest BCUT2D eigenvalue weighted by Crippen LogP contribution is 2.40. The second-order valence-electron chi connectivity index (χ2n) is 8.11. The van der Waals surface area contributed by atoms with E-state index in [2.05, 4.69) is 9.88 Å². The minimum absolute atomic E-state index is 0.309. The first-order valence-electron chi connectivity index (χ1n) is 10.2. The van der Waals surface area contributed by atoms with Crippen LogP contribution < -0.4 is 9.64 Å². The molecule has 1 aromatic carbocycles. The predicted octanol–water partition coefficient (Wildman–Crippen LogP) is 3.27. The number of hydrogen-bond acceptors (Lipinski definition) is 7. The first kappa shape index (κ1) is 18.9. The fourth-order valence-electron chi connectivity index (χ4n) is 4.81. The molecule has 1 saturated heterocycles. The van der Waals surface area contributed by atoms with Gasteiger partial charge in [0, 0.05) is 19.3 Å². The highest BCUT2D eigenvalue weighted by molar-refractivity contribution is 5.90. The van der Waals surface area contributed by atoms with Crippen LogP contribution in [-0.4, -0.2) is 48.5 Å². The van der Waals surface area contributed by atoms with Crippen molar-refractivity contribution in [3.63, 3.8) is 0 Å². The average molecular weight is 408 g/mol. The van der Waals surface area contributed by atoms with E-state index in [0.717, 1.165) is 36.3 Å². The second kappa shape index (κ2) is 7.65. The monoisotopic (exact) mass is 408 g/mol. The van der Waals surface area contributed by atoms with Crippen LogP contribution in [0, 0.1) is 11.8 Å². The number of pyridine rings is 1. The van der Waals surface area contributed by atoms with E-state index in [1.165, 1.54) is 7.11 Å². The topological polar surface area (TPSA) is 85.0 Å². The van der Waals surface area contributed by atoms with Gasteiger partial charge in [0.25, 0.3) is 0 Å². The molecule has 4 atom stereocenters. The van der Waals surface area contributed by atoms with Gasteiger partial charge >= 0.3 is 5.97 Å². The Bertz CT molecular complexity index is 1060. The van der Waals surface area contributed by atoms with E-state index in [9.17, 15) is 9.90 Å². The van der Waals surface area contributed by atoms with E-state index in [1.807, 2.05) is 12.1 Å². The molecule has 3 aromatic rings. The number of aliphatic hydroxyl groups excluding tert-OH is 1. The summed E-state index contributed by atoms with van der Waals surface area (Å²) in [7, 11) is 1.35. The molecule has 0 radical (unpaired) electrons. The van der Waals surface area contributed by atoms with Gasteiger partial charge in [-0.25, -0.2) is 9.78 Å². The number of nitrogens with zero attached hydrogens (tertiary/aromatic N) is 2. The molecule has 5 rings (SSSR count). The van der Waals surface area contributed by atoms with Crippen molar-refractivity contribution in [2.45, 2.75) is 25.0 Å². The smallest absolute Gasteiger partial charge is 0.337 e. The van der Waals surface area contributed by atoms with E-state index in [4.69, 9.17) is 13.9 Å². The van der Waals surface area contributed by atoms with Crippen LogP contribution in [0.3, 0.4) is 0 Å². The van der Waals surface area contributed by atoms with Crippen molar-refractivity contribution in [1.29, 1.82) is 0 Å². The summed E-state index contributed by atoms with van der Waals surface area (Å²) in [5.74, 6) is 1.90. The molecule has 2 fully saturated rings.